The summed E-state index contributed by atoms with van der Waals surface area (Å²) in [5.74, 6) is 1.63. The van der Waals surface area contributed by atoms with Crippen LogP contribution in [0.1, 0.15) is 22.1 Å². The molecule has 0 saturated carbocycles. The second kappa shape index (κ2) is 5.36. The van der Waals surface area contributed by atoms with Crippen molar-refractivity contribution in [1.29, 1.82) is 0 Å². The predicted molar refractivity (Wildman–Crippen MR) is 76.8 cm³/mol. The lowest BCUT2D eigenvalue weighted by molar-refractivity contribution is 0.0755. The molecular formula is C16H15NO4. The number of nitrogens with one attached hydrogen (secondary N) is 1. The van der Waals surface area contributed by atoms with Crippen molar-refractivity contribution < 1.29 is 19.0 Å². The van der Waals surface area contributed by atoms with E-state index in [1.165, 1.54) is 0 Å². The number of hydrogen-bond acceptors (Lipinski definition) is 4. The lowest BCUT2D eigenvalue weighted by Gasteiger charge is -2.27. The van der Waals surface area contributed by atoms with E-state index >= 15 is 0 Å². The first-order chi connectivity index (χ1) is 10.2. The zero-order valence-corrected chi connectivity index (χ0v) is 11.8. The van der Waals surface area contributed by atoms with E-state index in [2.05, 4.69) is 5.32 Å². The Morgan fingerprint density at radius 2 is 1.81 bits per heavy atom. The number of amides is 1. The standard InChI is InChI=1S/C16H15NO4/c1-19-13-8-7-10(9-14(13)20-2)16-17-15(18)11-5-3-4-6-12(11)21-16/h3-9,16H,1-2H3,(H,17,18)/t16-/m1/s1. The summed E-state index contributed by atoms with van der Waals surface area (Å²) in [6.45, 7) is 0. The van der Waals surface area contributed by atoms with Gasteiger partial charge in [-0.15, -0.1) is 0 Å². The van der Waals surface area contributed by atoms with Gasteiger partial charge in [0.05, 0.1) is 19.8 Å². The number of fused-ring (bicyclic) bond motifs is 1. The van der Waals surface area contributed by atoms with E-state index in [9.17, 15) is 4.79 Å². The molecule has 0 radical (unpaired) electrons. The number of methoxy groups -OCH3 is 2. The maximum atomic E-state index is 12.1. The van der Waals surface area contributed by atoms with Gasteiger partial charge in [0, 0.05) is 5.56 Å². The van der Waals surface area contributed by atoms with Gasteiger partial charge in [-0.25, -0.2) is 0 Å². The Morgan fingerprint density at radius 1 is 1.05 bits per heavy atom. The quantitative estimate of drug-likeness (QED) is 0.941. The highest BCUT2D eigenvalue weighted by Gasteiger charge is 2.26. The van der Waals surface area contributed by atoms with Crippen molar-refractivity contribution in [2.75, 3.05) is 14.2 Å². The highest BCUT2D eigenvalue weighted by Crippen LogP contribution is 2.33. The topological polar surface area (TPSA) is 56.8 Å². The first kappa shape index (κ1) is 13.3. The molecule has 2 aromatic carbocycles. The highest BCUT2D eigenvalue weighted by atomic mass is 16.5. The van der Waals surface area contributed by atoms with Crippen molar-refractivity contribution in [3.8, 4) is 17.2 Å². The van der Waals surface area contributed by atoms with Crippen LogP contribution in [0.5, 0.6) is 17.2 Å². The first-order valence-corrected chi connectivity index (χ1v) is 6.51. The maximum absolute atomic E-state index is 12.1. The average molecular weight is 285 g/mol. The molecule has 21 heavy (non-hydrogen) atoms. The molecule has 1 amide bonds. The van der Waals surface area contributed by atoms with Gasteiger partial charge in [-0.2, -0.15) is 0 Å². The van der Waals surface area contributed by atoms with E-state index in [-0.39, 0.29) is 5.91 Å². The van der Waals surface area contributed by atoms with E-state index in [0.29, 0.717) is 22.8 Å². The Bertz CT molecular complexity index is 684. The van der Waals surface area contributed by atoms with Crippen LogP contribution in [0.15, 0.2) is 42.5 Å². The third-order valence-electron chi connectivity index (χ3n) is 3.35. The van der Waals surface area contributed by atoms with Gasteiger partial charge in [-0.3, -0.25) is 4.79 Å². The van der Waals surface area contributed by atoms with Crippen molar-refractivity contribution in [2.24, 2.45) is 0 Å². The van der Waals surface area contributed by atoms with Crippen LogP contribution in [0.2, 0.25) is 0 Å². The Hall–Kier alpha value is -2.69. The van der Waals surface area contributed by atoms with Crippen LogP contribution in [0.25, 0.3) is 0 Å². The van der Waals surface area contributed by atoms with Gasteiger partial charge in [-0.05, 0) is 30.3 Å². The molecule has 5 heteroatoms. The Balaban J connectivity index is 1.94. The van der Waals surface area contributed by atoms with E-state index in [4.69, 9.17) is 14.2 Å². The molecule has 5 nitrogen and oxygen atoms in total. The van der Waals surface area contributed by atoms with E-state index in [1.54, 1.807) is 44.6 Å². The molecule has 1 N–H and O–H groups in total. The van der Waals surface area contributed by atoms with Crippen LogP contribution >= 0.6 is 0 Å². The van der Waals surface area contributed by atoms with Crippen molar-refractivity contribution in [2.45, 2.75) is 6.23 Å². The summed E-state index contributed by atoms with van der Waals surface area (Å²) < 4.78 is 16.3. The van der Waals surface area contributed by atoms with Crippen LogP contribution in [-0.2, 0) is 0 Å². The van der Waals surface area contributed by atoms with Crippen molar-refractivity contribution in [3.63, 3.8) is 0 Å². The number of ether oxygens (including phenoxy) is 3. The monoisotopic (exact) mass is 285 g/mol. The van der Waals surface area contributed by atoms with Gasteiger partial charge in [0.1, 0.15) is 5.75 Å². The molecule has 1 heterocycles. The second-order valence-electron chi connectivity index (χ2n) is 4.58. The van der Waals surface area contributed by atoms with Crippen LogP contribution in [0.3, 0.4) is 0 Å². The number of rotatable bonds is 3. The molecule has 1 atom stereocenters. The fourth-order valence-corrected chi connectivity index (χ4v) is 2.28. The lowest BCUT2D eigenvalue weighted by Crippen LogP contribution is -2.36. The molecule has 0 unspecified atom stereocenters. The van der Waals surface area contributed by atoms with Crippen LogP contribution in [-0.4, -0.2) is 20.1 Å². The van der Waals surface area contributed by atoms with Gasteiger partial charge in [0.15, 0.2) is 17.7 Å². The van der Waals surface area contributed by atoms with Gasteiger partial charge in [0.25, 0.3) is 5.91 Å². The summed E-state index contributed by atoms with van der Waals surface area (Å²) >= 11 is 0. The van der Waals surface area contributed by atoms with E-state index in [0.717, 1.165) is 5.56 Å². The highest BCUT2D eigenvalue weighted by molar-refractivity contribution is 5.98. The molecule has 2 aromatic rings. The molecule has 0 aromatic heterocycles. The SMILES string of the molecule is COc1ccc([C@@H]2NC(=O)c3ccccc3O2)cc1OC. The summed E-state index contributed by atoms with van der Waals surface area (Å²) in [7, 11) is 3.14. The van der Waals surface area contributed by atoms with Crippen LogP contribution in [0.4, 0.5) is 0 Å². The lowest BCUT2D eigenvalue weighted by atomic mass is 10.1. The van der Waals surface area contributed by atoms with E-state index < -0.39 is 6.23 Å². The molecule has 0 spiro atoms. The largest absolute Gasteiger partial charge is 0.493 e. The molecule has 0 fully saturated rings. The van der Waals surface area contributed by atoms with Crippen molar-refractivity contribution in [3.05, 3.63) is 53.6 Å². The predicted octanol–water partition coefficient (Wildman–Crippen LogP) is 2.52. The average Bonchev–Trinajstić information content (AvgIpc) is 2.54. The Kier molecular flexibility index (Phi) is 3.39. The van der Waals surface area contributed by atoms with Crippen LogP contribution in [0, 0.1) is 0 Å². The fraction of sp³-hybridized carbons (Fsp3) is 0.188. The molecular weight excluding hydrogens is 270 g/mol. The zero-order valence-electron chi connectivity index (χ0n) is 11.8. The number of carbonyl (C=O) groups excluding carboxylic acids is 1. The molecule has 1 aliphatic heterocycles. The molecule has 3 rings (SSSR count). The molecule has 1 aliphatic rings. The zero-order chi connectivity index (χ0) is 14.8. The Morgan fingerprint density at radius 3 is 2.57 bits per heavy atom. The molecule has 0 bridgehead atoms. The first-order valence-electron chi connectivity index (χ1n) is 6.51. The summed E-state index contributed by atoms with van der Waals surface area (Å²) in [4.78, 5) is 12.1. The Labute approximate surface area is 122 Å². The smallest absolute Gasteiger partial charge is 0.258 e. The summed E-state index contributed by atoms with van der Waals surface area (Å²) in [6, 6.07) is 12.6. The van der Waals surface area contributed by atoms with Gasteiger partial charge in [0.2, 0.25) is 0 Å². The van der Waals surface area contributed by atoms with Crippen molar-refractivity contribution in [1.82, 2.24) is 5.32 Å². The van der Waals surface area contributed by atoms with Gasteiger partial charge < -0.3 is 19.5 Å². The minimum absolute atomic E-state index is 0.156. The molecule has 0 saturated heterocycles. The minimum atomic E-state index is -0.549. The third kappa shape index (κ3) is 2.38. The fourth-order valence-electron chi connectivity index (χ4n) is 2.28. The normalized spacial score (nSPS) is 16.5. The van der Waals surface area contributed by atoms with Crippen molar-refractivity contribution >= 4 is 5.91 Å². The summed E-state index contributed by atoms with van der Waals surface area (Å²) in [5, 5.41) is 2.82. The molecule has 108 valence electrons. The number of benzene rings is 2. The maximum Gasteiger partial charge on any atom is 0.258 e. The molecule has 0 aliphatic carbocycles. The minimum Gasteiger partial charge on any atom is -0.493 e. The van der Waals surface area contributed by atoms with Gasteiger partial charge in [-0.1, -0.05) is 12.1 Å². The number of para-hydroxylation sites is 1. The summed E-state index contributed by atoms with van der Waals surface area (Å²) in [6.07, 6.45) is -0.549. The summed E-state index contributed by atoms with van der Waals surface area (Å²) in [5.41, 5.74) is 1.32. The van der Waals surface area contributed by atoms with E-state index in [1.807, 2.05) is 12.1 Å². The van der Waals surface area contributed by atoms with Crippen LogP contribution < -0.4 is 19.5 Å². The number of carbonyl (C=O) groups is 1. The third-order valence-corrected chi connectivity index (χ3v) is 3.35. The second-order valence-corrected chi connectivity index (χ2v) is 4.58. The van der Waals surface area contributed by atoms with Gasteiger partial charge >= 0.3 is 0 Å². The number of hydrogen-bond donors (Lipinski definition) is 1.